The summed E-state index contributed by atoms with van der Waals surface area (Å²) in [5.41, 5.74) is 3.48. The van der Waals surface area contributed by atoms with Crippen molar-refractivity contribution in [1.82, 2.24) is 14.7 Å². The molecule has 0 spiro atoms. The molecule has 1 aromatic carbocycles. The minimum absolute atomic E-state index is 0.0132. The van der Waals surface area contributed by atoms with Crippen molar-refractivity contribution < 1.29 is 13.9 Å². The van der Waals surface area contributed by atoms with Crippen molar-refractivity contribution in [3.05, 3.63) is 47.0 Å². The number of carbonyl (C=O) groups is 1. The predicted molar refractivity (Wildman–Crippen MR) is 91.5 cm³/mol. The van der Waals surface area contributed by atoms with Crippen LogP contribution in [0.5, 0.6) is 0 Å². The van der Waals surface area contributed by atoms with Gasteiger partial charge in [0.15, 0.2) is 5.69 Å². The summed E-state index contributed by atoms with van der Waals surface area (Å²) >= 11 is 0. The number of ether oxygens (including phenoxy) is 1. The first-order valence-corrected chi connectivity index (χ1v) is 8.95. The number of rotatable bonds is 3. The Bertz CT molecular complexity index is 785. The van der Waals surface area contributed by atoms with Gasteiger partial charge < -0.3 is 9.64 Å². The van der Waals surface area contributed by atoms with Crippen molar-refractivity contribution in [2.45, 2.75) is 38.7 Å². The van der Waals surface area contributed by atoms with Gasteiger partial charge in [-0.3, -0.25) is 4.79 Å². The largest absolute Gasteiger partial charge is 0.375 e. The molecule has 1 unspecified atom stereocenters. The van der Waals surface area contributed by atoms with Crippen LogP contribution in [0.3, 0.4) is 0 Å². The maximum Gasteiger partial charge on any atom is 0.274 e. The van der Waals surface area contributed by atoms with E-state index in [1.165, 1.54) is 12.1 Å². The summed E-state index contributed by atoms with van der Waals surface area (Å²) in [6.07, 6.45) is 3.79. The second-order valence-corrected chi connectivity index (χ2v) is 6.67. The topological polar surface area (TPSA) is 47.4 Å². The highest BCUT2D eigenvalue weighted by atomic mass is 19.1. The van der Waals surface area contributed by atoms with Gasteiger partial charge in [0.1, 0.15) is 5.82 Å². The molecule has 2 heterocycles. The van der Waals surface area contributed by atoms with Gasteiger partial charge in [0.05, 0.1) is 18.4 Å². The lowest BCUT2D eigenvalue weighted by molar-refractivity contribution is -0.0228. The summed E-state index contributed by atoms with van der Waals surface area (Å²) < 4.78 is 20.7. The lowest BCUT2D eigenvalue weighted by Gasteiger charge is -2.32. The standard InChI is InChI=1S/C19H22FN3O2/c1-2-15-12-22(10-11-25-15)19(24)18-16-4-3-5-17(16)23(21-18)14-8-6-13(20)7-9-14/h6-9,15H,2-5,10-12H2,1H3. The predicted octanol–water partition coefficient (Wildman–Crippen LogP) is 2.75. The van der Waals surface area contributed by atoms with E-state index in [1.807, 2.05) is 9.58 Å². The van der Waals surface area contributed by atoms with E-state index >= 15 is 0 Å². The fourth-order valence-electron chi connectivity index (χ4n) is 3.71. The molecule has 1 saturated heterocycles. The first-order chi connectivity index (χ1) is 12.2. The Morgan fingerprint density at radius 1 is 1.32 bits per heavy atom. The summed E-state index contributed by atoms with van der Waals surface area (Å²) in [6, 6.07) is 6.26. The lowest BCUT2D eigenvalue weighted by Crippen LogP contribution is -2.45. The number of carbonyl (C=O) groups excluding carboxylic acids is 1. The Kier molecular flexibility index (Phi) is 4.29. The van der Waals surface area contributed by atoms with Gasteiger partial charge in [0, 0.05) is 24.3 Å². The number of nitrogens with zero attached hydrogens (tertiary/aromatic N) is 3. The Morgan fingerprint density at radius 2 is 2.12 bits per heavy atom. The van der Waals surface area contributed by atoms with Gasteiger partial charge in [-0.2, -0.15) is 5.10 Å². The van der Waals surface area contributed by atoms with Crippen LogP contribution in [-0.4, -0.2) is 46.4 Å². The molecule has 132 valence electrons. The number of fused-ring (bicyclic) bond motifs is 1. The molecule has 1 aliphatic carbocycles. The minimum Gasteiger partial charge on any atom is -0.375 e. The molecule has 2 aliphatic rings. The number of hydrogen-bond acceptors (Lipinski definition) is 3. The molecule has 2 aromatic rings. The van der Waals surface area contributed by atoms with Gasteiger partial charge in [-0.1, -0.05) is 6.92 Å². The number of benzene rings is 1. The molecular formula is C19H22FN3O2. The smallest absolute Gasteiger partial charge is 0.274 e. The zero-order chi connectivity index (χ0) is 17.4. The summed E-state index contributed by atoms with van der Waals surface area (Å²) in [5, 5.41) is 4.62. The maximum absolute atomic E-state index is 13.2. The molecule has 0 bridgehead atoms. The zero-order valence-electron chi connectivity index (χ0n) is 14.4. The molecule has 1 aliphatic heterocycles. The first kappa shape index (κ1) is 16.3. The van der Waals surface area contributed by atoms with Crippen LogP contribution in [0.2, 0.25) is 0 Å². The van der Waals surface area contributed by atoms with E-state index in [0.29, 0.717) is 25.4 Å². The zero-order valence-corrected chi connectivity index (χ0v) is 14.4. The van der Waals surface area contributed by atoms with Gasteiger partial charge in [-0.15, -0.1) is 0 Å². The van der Waals surface area contributed by atoms with Crippen molar-refractivity contribution in [2.75, 3.05) is 19.7 Å². The van der Waals surface area contributed by atoms with E-state index < -0.39 is 0 Å². The van der Waals surface area contributed by atoms with Gasteiger partial charge in [-0.05, 0) is 49.9 Å². The molecule has 0 radical (unpaired) electrons. The van der Waals surface area contributed by atoms with Crippen LogP contribution in [0.1, 0.15) is 41.5 Å². The SMILES string of the molecule is CCC1CN(C(=O)c2nn(-c3ccc(F)cc3)c3c2CCC3)CCO1. The quantitative estimate of drug-likeness (QED) is 0.861. The van der Waals surface area contributed by atoms with E-state index in [-0.39, 0.29) is 17.8 Å². The lowest BCUT2D eigenvalue weighted by atomic mass is 10.1. The summed E-state index contributed by atoms with van der Waals surface area (Å²) in [5.74, 6) is -0.288. The maximum atomic E-state index is 13.2. The monoisotopic (exact) mass is 343 g/mol. The van der Waals surface area contributed by atoms with Crippen molar-refractivity contribution in [1.29, 1.82) is 0 Å². The third kappa shape index (κ3) is 2.95. The molecule has 4 rings (SSSR count). The fourth-order valence-corrected chi connectivity index (χ4v) is 3.71. The summed E-state index contributed by atoms with van der Waals surface area (Å²) in [7, 11) is 0. The second kappa shape index (κ2) is 6.59. The normalized spacial score (nSPS) is 19.9. The van der Waals surface area contributed by atoms with Crippen molar-refractivity contribution in [2.24, 2.45) is 0 Å². The number of amides is 1. The van der Waals surface area contributed by atoms with Crippen LogP contribution in [0.4, 0.5) is 4.39 Å². The Hall–Kier alpha value is -2.21. The van der Waals surface area contributed by atoms with Crippen LogP contribution in [0.15, 0.2) is 24.3 Å². The average Bonchev–Trinajstić information content (AvgIpc) is 3.24. The van der Waals surface area contributed by atoms with E-state index in [2.05, 4.69) is 12.0 Å². The first-order valence-electron chi connectivity index (χ1n) is 8.95. The molecule has 1 aromatic heterocycles. The van der Waals surface area contributed by atoms with Crippen molar-refractivity contribution >= 4 is 5.91 Å². The minimum atomic E-state index is -0.275. The molecule has 0 saturated carbocycles. The molecule has 1 fully saturated rings. The van der Waals surface area contributed by atoms with E-state index in [1.54, 1.807) is 12.1 Å². The van der Waals surface area contributed by atoms with Crippen LogP contribution >= 0.6 is 0 Å². The van der Waals surface area contributed by atoms with Gasteiger partial charge >= 0.3 is 0 Å². The van der Waals surface area contributed by atoms with Gasteiger partial charge in [0.2, 0.25) is 0 Å². The highest BCUT2D eigenvalue weighted by Crippen LogP contribution is 2.29. The third-order valence-electron chi connectivity index (χ3n) is 5.09. The summed E-state index contributed by atoms with van der Waals surface area (Å²) in [4.78, 5) is 14.9. The highest BCUT2D eigenvalue weighted by Gasteiger charge is 2.31. The van der Waals surface area contributed by atoms with E-state index in [9.17, 15) is 9.18 Å². The summed E-state index contributed by atoms with van der Waals surface area (Å²) in [6.45, 7) is 3.87. The van der Waals surface area contributed by atoms with Crippen molar-refractivity contribution in [3.8, 4) is 5.69 Å². The Balaban J connectivity index is 1.67. The molecule has 1 amide bonds. The van der Waals surface area contributed by atoms with E-state index in [4.69, 9.17) is 4.74 Å². The number of hydrogen-bond donors (Lipinski definition) is 0. The van der Waals surface area contributed by atoms with Crippen LogP contribution < -0.4 is 0 Å². The Labute approximate surface area is 146 Å². The number of aromatic nitrogens is 2. The molecular weight excluding hydrogens is 321 g/mol. The van der Waals surface area contributed by atoms with Crippen LogP contribution in [0, 0.1) is 5.82 Å². The molecule has 6 heteroatoms. The molecule has 1 atom stereocenters. The molecule has 5 nitrogen and oxygen atoms in total. The van der Waals surface area contributed by atoms with Gasteiger partial charge in [-0.25, -0.2) is 9.07 Å². The fraction of sp³-hybridized carbons (Fsp3) is 0.474. The second-order valence-electron chi connectivity index (χ2n) is 6.67. The molecule has 25 heavy (non-hydrogen) atoms. The highest BCUT2D eigenvalue weighted by molar-refractivity contribution is 5.94. The van der Waals surface area contributed by atoms with Crippen LogP contribution in [-0.2, 0) is 17.6 Å². The number of morpholine rings is 1. The molecule has 0 N–H and O–H groups in total. The van der Waals surface area contributed by atoms with Crippen LogP contribution in [0.25, 0.3) is 5.69 Å². The van der Waals surface area contributed by atoms with Crippen molar-refractivity contribution in [3.63, 3.8) is 0 Å². The van der Waals surface area contributed by atoms with Gasteiger partial charge in [0.25, 0.3) is 5.91 Å². The third-order valence-corrected chi connectivity index (χ3v) is 5.09. The number of halogens is 1. The average molecular weight is 343 g/mol. The Morgan fingerprint density at radius 3 is 2.88 bits per heavy atom. The van der Waals surface area contributed by atoms with E-state index in [0.717, 1.165) is 42.6 Å².